The van der Waals surface area contributed by atoms with Crippen LogP contribution in [0.2, 0.25) is 0 Å². The summed E-state index contributed by atoms with van der Waals surface area (Å²) in [6.07, 6.45) is 0.802. The minimum Gasteiger partial charge on any atom is -0.373 e. The highest BCUT2D eigenvalue weighted by Gasteiger charge is 2.21. The van der Waals surface area contributed by atoms with Crippen molar-refractivity contribution in [2.75, 3.05) is 13.6 Å². The first kappa shape index (κ1) is 21.0. The van der Waals surface area contributed by atoms with Gasteiger partial charge in [-0.2, -0.15) is 0 Å². The Morgan fingerprint density at radius 1 is 1.17 bits per heavy atom. The van der Waals surface area contributed by atoms with Crippen molar-refractivity contribution in [2.24, 2.45) is 0 Å². The van der Waals surface area contributed by atoms with Crippen LogP contribution in [0.3, 0.4) is 0 Å². The van der Waals surface area contributed by atoms with Crippen LogP contribution in [-0.4, -0.2) is 41.8 Å². The minimum atomic E-state index is -1.05. The van der Waals surface area contributed by atoms with Gasteiger partial charge in [0, 0.05) is 41.2 Å². The number of hydrogen-bond acceptors (Lipinski definition) is 3. The van der Waals surface area contributed by atoms with Crippen molar-refractivity contribution in [3.8, 4) is 11.8 Å². The molecule has 1 aromatic heterocycles. The van der Waals surface area contributed by atoms with Gasteiger partial charge in [-0.3, -0.25) is 4.79 Å². The molecule has 0 aliphatic carbocycles. The van der Waals surface area contributed by atoms with E-state index in [4.69, 9.17) is 0 Å². The summed E-state index contributed by atoms with van der Waals surface area (Å²) in [6, 6.07) is 14.3. The van der Waals surface area contributed by atoms with Crippen molar-refractivity contribution in [1.82, 2.24) is 20.9 Å². The molecule has 2 unspecified atom stereocenters. The molecule has 0 aliphatic rings. The third-order valence-corrected chi connectivity index (χ3v) is 4.79. The summed E-state index contributed by atoms with van der Waals surface area (Å²) in [5.41, 5.74) is 2.95. The number of amides is 3. The first-order chi connectivity index (χ1) is 14.5. The zero-order chi connectivity index (χ0) is 21.5. The molecule has 30 heavy (non-hydrogen) atoms. The lowest BCUT2D eigenvalue weighted by Gasteiger charge is -2.20. The molecule has 0 fully saturated rings. The Morgan fingerprint density at radius 3 is 2.77 bits per heavy atom. The van der Waals surface area contributed by atoms with Crippen molar-refractivity contribution in [3.63, 3.8) is 0 Å². The van der Waals surface area contributed by atoms with E-state index < -0.39 is 6.23 Å². The Labute approximate surface area is 174 Å². The number of carbonyl (C=O) groups excluding carboxylic acids is 2. The summed E-state index contributed by atoms with van der Waals surface area (Å²) in [6.45, 7) is 2.05. The fraction of sp³-hybridized carbons (Fsp3) is 0.217. The van der Waals surface area contributed by atoms with Gasteiger partial charge in [-0.15, -0.1) is 0 Å². The monoisotopic (exact) mass is 404 g/mol. The van der Waals surface area contributed by atoms with Gasteiger partial charge in [-0.1, -0.05) is 43.0 Å². The molecule has 0 bridgehead atoms. The maximum absolute atomic E-state index is 12.6. The molecule has 5 N–H and O–H groups in total. The quantitative estimate of drug-likeness (QED) is 0.333. The van der Waals surface area contributed by atoms with Crippen LogP contribution in [0.25, 0.3) is 10.9 Å². The molecule has 0 saturated carbocycles. The lowest BCUT2D eigenvalue weighted by molar-refractivity contribution is 0.0728. The summed E-state index contributed by atoms with van der Waals surface area (Å²) in [7, 11) is 1.53. The molecule has 0 aliphatic heterocycles. The van der Waals surface area contributed by atoms with Crippen LogP contribution in [0.1, 0.15) is 34.3 Å². The summed E-state index contributed by atoms with van der Waals surface area (Å²) in [5.74, 6) is 5.03. The number of aliphatic hydroxyl groups excluding tert-OH is 1. The zero-order valence-electron chi connectivity index (χ0n) is 16.8. The molecule has 7 nitrogen and oxygen atoms in total. The second-order valence-corrected chi connectivity index (χ2v) is 6.81. The second-order valence-electron chi connectivity index (χ2n) is 6.81. The Balaban J connectivity index is 1.65. The van der Waals surface area contributed by atoms with Gasteiger partial charge in [0.1, 0.15) is 6.23 Å². The number of rotatable bonds is 5. The van der Waals surface area contributed by atoms with Crippen LogP contribution in [0.4, 0.5) is 4.79 Å². The molecule has 2 aromatic carbocycles. The number of aromatic amines is 1. The number of para-hydroxylation sites is 1. The first-order valence-electron chi connectivity index (χ1n) is 9.59. The van der Waals surface area contributed by atoms with Gasteiger partial charge < -0.3 is 26.0 Å². The van der Waals surface area contributed by atoms with Crippen molar-refractivity contribution in [2.45, 2.75) is 19.1 Å². The van der Waals surface area contributed by atoms with Gasteiger partial charge in [-0.25, -0.2) is 4.79 Å². The van der Waals surface area contributed by atoms with E-state index in [0.29, 0.717) is 11.1 Å². The molecule has 3 rings (SSSR count). The number of nitrogens with one attached hydrogen (secondary N) is 4. The molecular weight excluding hydrogens is 380 g/mol. The average molecular weight is 404 g/mol. The molecule has 3 aromatic rings. The van der Waals surface area contributed by atoms with Crippen LogP contribution < -0.4 is 16.0 Å². The third kappa shape index (κ3) is 4.99. The highest BCUT2D eigenvalue weighted by Crippen LogP contribution is 2.27. The van der Waals surface area contributed by atoms with Gasteiger partial charge in [0.05, 0.1) is 6.54 Å². The first-order valence-corrected chi connectivity index (χ1v) is 9.59. The van der Waals surface area contributed by atoms with Crippen LogP contribution in [0.5, 0.6) is 0 Å². The number of fused-ring (bicyclic) bond motifs is 1. The largest absolute Gasteiger partial charge is 0.373 e. The highest BCUT2D eigenvalue weighted by atomic mass is 16.3. The van der Waals surface area contributed by atoms with Gasteiger partial charge >= 0.3 is 6.03 Å². The summed E-state index contributed by atoms with van der Waals surface area (Å²) >= 11 is 0. The smallest absolute Gasteiger partial charge is 0.315 e. The molecule has 0 radical (unpaired) electrons. The van der Waals surface area contributed by atoms with Crippen molar-refractivity contribution in [3.05, 3.63) is 71.4 Å². The van der Waals surface area contributed by atoms with Crippen molar-refractivity contribution >= 4 is 22.8 Å². The minimum absolute atomic E-state index is 0.191. The summed E-state index contributed by atoms with van der Waals surface area (Å²) in [4.78, 5) is 26.9. The predicted molar refractivity (Wildman–Crippen MR) is 116 cm³/mol. The molecule has 0 saturated heterocycles. The normalized spacial score (nSPS) is 12.4. The van der Waals surface area contributed by atoms with Crippen molar-refractivity contribution in [1.29, 1.82) is 0 Å². The third-order valence-electron chi connectivity index (χ3n) is 4.79. The summed E-state index contributed by atoms with van der Waals surface area (Å²) < 4.78 is 0. The van der Waals surface area contributed by atoms with Gasteiger partial charge in [0.25, 0.3) is 5.91 Å². The Bertz CT molecular complexity index is 1110. The van der Waals surface area contributed by atoms with Crippen LogP contribution in [0.15, 0.2) is 54.7 Å². The number of aromatic nitrogens is 1. The van der Waals surface area contributed by atoms with Crippen LogP contribution >= 0.6 is 0 Å². The molecule has 7 heteroatoms. The average Bonchev–Trinajstić information content (AvgIpc) is 3.20. The molecular formula is C23H24N4O3. The van der Waals surface area contributed by atoms with Gasteiger partial charge in [-0.05, 0) is 29.8 Å². The molecule has 3 amide bonds. The molecule has 0 spiro atoms. The van der Waals surface area contributed by atoms with E-state index in [1.165, 1.54) is 7.05 Å². The number of benzene rings is 2. The predicted octanol–water partition coefficient (Wildman–Crippen LogP) is 2.30. The van der Waals surface area contributed by atoms with Gasteiger partial charge in [0.2, 0.25) is 0 Å². The maximum Gasteiger partial charge on any atom is 0.315 e. The lowest BCUT2D eigenvalue weighted by atomic mass is 9.98. The van der Waals surface area contributed by atoms with E-state index in [9.17, 15) is 14.7 Å². The number of carbonyl (C=O) groups is 2. The number of hydrogen-bond donors (Lipinski definition) is 5. The SMILES string of the molecule is CNC(=O)NCC#Cc1cccc(C(=O)NC(O)C(C)c2c[nH]c3ccccc23)c1. The van der Waals surface area contributed by atoms with E-state index >= 15 is 0 Å². The summed E-state index contributed by atoms with van der Waals surface area (Å²) in [5, 5.41) is 19.3. The van der Waals surface area contributed by atoms with E-state index in [1.807, 2.05) is 37.4 Å². The number of aliphatic hydroxyl groups is 1. The van der Waals surface area contributed by atoms with Gasteiger partial charge in [0.15, 0.2) is 0 Å². The van der Waals surface area contributed by atoms with E-state index in [0.717, 1.165) is 16.5 Å². The lowest BCUT2D eigenvalue weighted by Crippen LogP contribution is -2.38. The number of H-pyrrole nitrogens is 1. The van der Waals surface area contributed by atoms with E-state index in [2.05, 4.69) is 32.8 Å². The highest BCUT2D eigenvalue weighted by molar-refractivity contribution is 5.94. The zero-order valence-corrected chi connectivity index (χ0v) is 16.8. The Hall–Kier alpha value is -3.76. The van der Waals surface area contributed by atoms with E-state index in [1.54, 1.807) is 24.3 Å². The molecule has 154 valence electrons. The fourth-order valence-corrected chi connectivity index (χ4v) is 3.08. The Morgan fingerprint density at radius 2 is 1.97 bits per heavy atom. The fourth-order valence-electron chi connectivity index (χ4n) is 3.08. The topological polar surface area (TPSA) is 106 Å². The van der Waals surface area contributed by atoms with Crippen molar-refractivity contribution < 1.29 is 14.7 Å². The molecule has 1 heterocycles. The van der Waals surface area contributed by atoms with E-state index in [-0.39, 0.29) is 24.4 Å². The number of urea groups is 1. The Kier molecular flexibility index (Phi) is 6.73. The van der Waals surface area contributed by atoms with Crippen LogP contribution in [0, 0.1) is 11.8 Å². The molecule has 2 atom stereocenters. The standard InChI is InChI=1S/C23H24N4O3/c1-15(19-14-26-20-11-4-3-10-18(19)20)21(28)27-22(29)17-9-5-7-16(13-17)8-6-12-25-23(30)24-2/h3-5,7,9-11,13-15,21,26,28H,12H2,1-2H3,(H,27,29)(H2,24,25,30). The maximum atomic E-state index is 12.6. The second kappa shape index (κ2) is 9.63. The van der Waals surface area contributed by atoms with Crippen LogP contribution in [-0.2, 0) is 0 Å².